The van der Waals surface area contributed by atoms with E-state index in [9.17, 15) is 4.79 Å². The van der Waals surface area contributed by atoms with Crippen LogP contribution in [0.25, 0.3) is 0 Å². The lowest BCUT2D eigenvalue weighted by atomic mass is 9.99. The lowest BCUT2D eigenvalue weighted by molar-refractivity contribution is 0.205. The third-order valence-electron chi connectivity index (χ3n) is 4.29. The molecule has 1 aromatic rings. The van der Waals surface area contributed by atoms with Crippen molar-refractivity contribution in [1.29, 1.82) is 0 Å². The van der Waals surface area contributed by atoms with Crippen molar-refractivity contribution >= 4 is 11.7 Å². The Labute approximate surface area is 120 Å². The van der Waals surface area contributed by atoms with E-state index in [1.54, 1.807) is 0 Å². The average Bonchev–Trinajstić information content (AvgIpc) is 2.74. The van der Waals surface area contributed by atoms with E-state index in [-0.39, 0.29) is 12.1 Å². The number of amides is 2. The van der Waals surface area contributed by atoms with Crippen LogP contribution in [0.15, 0.2) is 24.3 Å². The van der Waals surface area contributed by atoms with E-state index < -0.39 is 0 Å². The van der Waals surface area contributed by atoms with Crippen LogP contribution in [0.2, 0.25) is 0 Å². The fourth-order valence-corrected chi connectivity index (χ4v) is 3.24. The highest BCUT2D eigenvalue weighted by atomic mass is 16.2. The predicted molar refractivity (Wildman–Crippen MR) is 80.9 cm³/mol. The van der Waals surface area contributed by atoms with Gasteiger partial charge in [0, 0.05) is 31.4 Å². The molecule has 0 aromatic heterocycles. The molecular formula is C16H23N3O. The van der Waals surface area contributed by atoms with Crippen molar-refractivity contribution < 1.29 is 4.79 Å². The summed E-state index contributed by atoms with van der Waals surface area (Å²) in [5, 5.41) is 0. The van der Waals surface area contributed by atoms with Gasteiger partial charge in [-0.3, -0.25) is 4.90 Å². The van der Waals surface area contributed by atoms with Crippen LogP contribution < -0.4 is 10.6 Å². The predicted octanol–water partition coefficient (Wildman–Crippen LogP) is 2.37. The van der Waals surface area contributed by atoms with E-state index in [0.29, 0.717) is 6.54 Å². The summed E-state index contributed by atoms with van der Waals surface area (Å²) in [4.78, 5) is 16.7. The van der Waals surface area contributed by atoms with Gasteiger partial charge in [-0.25, -0.2) is 4.79 Å². The molecule has 1 fully saturated rings. The molecule has 2 N–H and O–H groups in total. The van der Waals surface area contributed by atoms with Gasteiger partial charge in [0.2, 0.25) is 0 Å². The van der Waals surface area contributed by atoms with E-state index in [4.69, 9.17) is 5.73 Å². The van der Waals surface area contributed by atoms with E-state index in [1.807, 2.05) is 28.0 Å². The molecular weight excluding hydrogens is 250 g/mol. The van der Waals surface area contributed by atoms with Crippen LogP contribution in [0.1, 0.15) is 31.2 Å². The third kappa shape index (κ3) is 2.66. The minimum absolute atomic E-state index is 0.0424. The minimum atomic E-state index is 0.0424. The van der Waals surface area contributed by atoms with E-state index in [2.05, 4.69) is 6.07 Å². The molecule has 0 saturated carbocycles. The summed E-state index contributed by atoms with van der Waals surface area (Å²) in [6.45, 7) is 2.39. The van der Waals surface area contributed by atoms with Gasteiger partial charge in [0.05, 0.1) is 0 Å². The van der Waals surface area contributed by atoms with Crippen molar-refractivity contribution in [3.63, 3.8) is 0 Å². The van der Waals surface area contributed by atoms with Crippen LogP contribution in [-0.2, 0) is 6.42 Å². The number of urea groups is 1. The molecule has 2 aliphatic heterocycles. The summed E-state index contributed by atoms with van der Waals surface area (Å²) >= 11 is 0. The smallest absolute Gasteiger partial charge is 0.324 e. The lowest BCUT2D eigenvalue weighted by Gasteiger charge is -2.36. The van der Waals surface area contributed by atoms with Crippen molar-refractivity contribution in [3.8, 4) is 0 Å². The zero-order chi connectivity index (χ0) is 13.9. The van der Waals surface area contributed by atoms with Gasteiger partial charge >= 0.3 is 6.03 Å². The molecule has 0 spiro atoms. The molecule has 1 unspecified atom stereocenters. The second kappa shape index (κ2) is 5.83. The number of nitrogens with zero attached hydrogens (tertiary/aromatic N) is 2. The van der Waals surface area contributed by atoms with Crippen molar-refractivity contribution in [2.24, 2.45) is 5.73 Å². The van der Waals surface area contributed by atoms with Gasteiger partial charge in [0.25, 0.3) is 0 Å². The molecule has 4 heteroatoms. The Morgan fingerprint density at radius 1 is 1.10 bits per heavy atom. The number of hydrogen-bond acceptors (Lipinski definition) is 2. The summed E-state index contributed by atoms with van der Waals surface area (Å²) in [5.41, 5.74) is 8.36. The molecule has 20 heavy (non-hydrogen) atoms. The Bertz CT molecular complexity index is 480. The SMILES string of the molecule is NC1Cc2ccccc2N(C(=O)N2CCCCCC2)C1. The fraction of sp³-hybridized carbons (Fsp3) is 0.562. The first-order valence-electron chi connectivity index (χ1n) is 7.65. The maximum Gasteiger partial charge on any atom is 0.324 e. The summed E-state index contributed by atoms with van der Waals surface area (Å²) in [7, 11) is 0. The molecule has 1 saturated heterocycles. The fourth-order valence-electron chi connectivity index (χ4n) is 3.24. The van der Waals surface area contributed by atoms with Gasteiger partial charge in [0.1, 0.15) is 0 Å². The van der Waals surface area contributed by atoms with Crippen molar-refractivity contribution in [1.82, 2.24) is 4.90 Å². The molecule has 1 aromatic carbocycles. The lowest BCUT2D eigenvalue weighted by Crippen LogP contribution is -2.51. The molecule has 108 valence electrons. The first kappa shape index (κ1) is 13.4. The van der Waals surface area contributed by atoms with Gasteiger partial charge < -0.3 is 10.6 Å². The van der Waals surface area contributed by atoms with Crippen LogP contribution in [0.3, 0.4) is 0 Å². The standard InChI is InChI=1S/C16H23N3O/c17-14-11-13-7-3-4-8-15(13)19(12-14)16(20)18-9-5-1-2-6-10-18/h3-4,7-8,14H,1-2,5-6,9-12,17H2. The summed E-state index contributed by atoms with van der Waals surface area (Å²) in [6.07, 6.45) is 5.57. The van der Waals surface area contributed by atoms with Gasteiger partial charge in [-0.1, -0.05) is 31.0 Å². The Balaban J connectivity index is 1.83. The van der Waals surface area contributed by atoms with Crippen LogP contribution in [0.5, 0.6) is 0 Å². The summed E-state index contributed by atoms with van der Waals surface area (Å²) < 4.78 is 0. The second-order valence-corrected chi connectivity index (χ2v) is 5.89. The van der Waals surface area contributed by atoms with E-state index in [1.165, 1.54) is 18.4 Å². The number of hydrogen-bond donors (Lipinski definition) is 1. The largest absolute Gasteiger partial charge is 0.326 e. The van der Waals surface area contributed by atoms with E-state index in [0.717, 1.165) is 38.0 Å². The average molecular weight is 273 g/mol. The first-order valence-corrected chi connectivity index (χ1v) is 7.65. The van der Waals surface area contributed by atoms with Crippen molar-refractivity contribution in [2.45, 2.75) is 38.1 Å². The number of rotatable bonds is 0. The molecule has 1 atom stereocenters. The number of nitrogens with two attached hydrogens (primary N) is 1. The van der Waals surface area contributed by atoms with Gasteiger partial charge in [0.15, 0.2) is 0 Å². The first-order chi connectivity index (χ1) is 9.75. The number of carbonyl (C=O) groups excluding carboxylic acids is 1. The van der Waals surface area contributed by atoms with Gasteiger partial charge in [-0.15, -0.1) is 0 Å². The zero-order valence-electron chi connectivity index (χ0n) is 11.9. The topological polar surface area (TPSA) is 49.6 Å². The Hall–Kier alpha value is -1.55. The summed E-state index contributed by atoms with van der Waals surface area (Å²) in [5.74, 6) is 0. The molecule has 0 bridgehead atoms. The molecule has 0 aliphatic carbocycles. The Morgan fingerprint density at radius 3 is 2.55 bits per heavy atom. The number of benzene rings is 1. The van der Waals surface area contributed by atoms with Crippen LogP contribution in [0.4, 0.5) is 10.5 Å². The monoisotopic (exact) mass is 273 g/mol. The minimum Gasteiger partial charge on any atom is -0.326 e. The summed E-state index contributed by atoms with van der Waals surface area (Å²) in [6, 6.07) is 8.31. The number of carbonyl (C=O) groups is 1. The zero-order valence-corrected chi connectivity index (χ0v) is 11.9. The highest BCUT2D eigenvalue weighted by Gasteiger charge is 2.29. The Kier molecular flexibility index (Phi) is 3.92. The van der Waals surface area contributed by atoms with Crippen LogP contribution in [0, 0.1) is 0 Å². The maximum absolute atomic E-state index is 12.8. The van der Waals surface area contributed by atoms with Gasteiger partial charge in [-0.05, 0) is 30.9 Å². The number of para-hydroxylation sites is 1. The molecule has 3 rings (SSSR count). The maximum atomic E-state index is 12.8. The third-order valence-corrected chi connectivity index (χ3v) is 4.29. The van der Waals surface area contributed by atoms with Crippen LogP contribution >= 0.6 is 0 Å². The Morgan fingerprint density at radius 2 is 1.80 bits per heavy atom. The van der Waals surface area contributed by atoms with Crippen molar-refractivity contribution in [3.05, 3.63) is 29.8 Å². The highest BCUT2D eigenvalue weighted by molar-refractivity contribution is 5.93. The highest BCUT2D eigenvalue weighted by Crippen LogP contribution is 2.27. The quantitative estimate of drug-likeness (QED) is 0.789. The van der Waals surface area contributed by atoms with E-state index >= 15 is 0 Å². The molecule has 0 radical (unpaired) electrons. The second-order valence-electron chi connectivity index (χ2n) is 5.89. The number of fused-ring (bicyclic) bond motifs is 1. The van der Waals surface area contributed by atoms with Crippen LogP contribution in [-0.4, -0.2) is 36.6 Å². The number of anilines is 1. The number of likely N-dealkylation sites (tertiary alicyclic amines) is 1. The van der Waals surface area contributed by atoms with Gasteiger partial charge in [-0.2, -0.15) is 0 Å². The molecule has 4 nitrogen and oxygen atoms in total. The molecule has 2 heterocycles. The normalized spacial score (nSPS) is 23.1. The van der Waals surface area contributed by atoms with Crippen molar-refractivity contribution in [2.75, 3.05) is 24.5 Å². The molecule has 2 aliphatic rings. The molecule has 2 amide bonds.